The Hall–Kier alpha value is -1.08. The summed E-state index contributed by atoms with van der Waals surface area (Å²) < 4.78 is 30.0. The van der Waals surface area contributed by atoms with Gasteiger partial charge in [0.1, 0.15) is 5.75 Å². The SMILES string of the molecule is COc1ccc(Br)cc1CS(=O)(=O)C(C)CC(=O)O. The van der Waals surface area contributed by atoms with E-state index < -0.39 is 27.5 Å². The number of carbonyl (C=O) groups is 1. The van der Waals surface area contributed by atoms with Crippen molar-refractivity contribution >= 4 is 31.7 Å². The molecule has 7 heteroatoms. The third-order valence-electron chi connectivity index (χ3n) is 2.67. The van der Waals surface area contributed by atoms with Gasteiger partial charge in [-0.25, -0.2) is 8.42 Å². The van der Waals surface area contributed by atoms with Crippen molar-refractivity contribution in [2.24, 2.45) is 0 Å². The van der Waals surface area contributed by atoms with Gasteiger partial charge >= 0.3 is 5.97 Å². The van der Waals surface area contributed by atoms with Crippen molar-refractivity contribution in [3.8, 4) is 5.75 Å². The molecule has 0 aromatic heterocycles. The van der Waals surface area contributed by atoms with Crippen LogP contribution in [0.3, 0.4) is 0 Å². The molecule has 0 heterocycles. The Morgan fingerprint density at radius 1 is 1.47 bits per heavy atom. The number of rotatable bonds is 6. The maximum absolute atomic E-state index is 12.1. The molecular formula is C12H15BrO5S. The van der Waals surface area contributed by atoms with Crippen LogP contribution in [0.4, 0.5) is 0 Å². The number of sulfone groups is 1. The zero-order valence-electron chi connectivity index (χ0n) is 10.6. The van der Waals surface area contributed by atoms with Gasteiger partial charge in [-0.05, 0) is 25.1 Å². The highest BCUT2D eigenvalue weighted by atomic mass is 79.9. The molecule has 0 bridgehead atoms. The largest absolute Gasteiger partial charge is 0.496 e. The lowest BCUT2D eigenvalue weighted by Gasteiger charge is -2.13. The first-order valence-electron chi connectivity index (χ1n) is 5.52. The van der Waals surface area contributed by atoms with Crippen LogP contribution >= 0.6 is 15.9 Å². The Kier molecular flexibility index (Phi) is 5.37. The Morgan fingerprint density at radius 2 is 2.11 bits per heavy atom. The number of halogens is 1. The predicted octanol–water partition coefficient (Wildman–Crippen LogP) is 2.24. The van der Waals surface area contributed by atoms with Crippen LogP contribution < -0.4 is 4.74 Å². The lowest BCUT2D eigenvalue weighted by Crippen LogP contribution is -2.23. The molecule has 1 N–H and O–H groups in total. The van der Waals surface area contributed by atoms with E-state index in [0.29, 0.717) is 11.3 Å². The molecule has 0 spiro atoms. The van der Waals surface area contributed by atoms with E-state index in [9.17, 15) is 13.2 Å². The van der Waals surface area contributed by atoms with E-state index in [2.05, 4.69) is 15.9 Å². The van der Waals surface area contributed by atoms with Crippen molar-refractivity contribution in [2.75, 3.05) is 7.11 Å². The molecule has 0 saturated heterocycles. The number of hydrogen-bond donors (Lipinski definition) is 1. The Morgan fingerprint density at radius 3 is 2.63 bits per heavy atom. The summed E-state index contributed by atoms with van der Waals surface area (Å²) in [4.78, 5) is 10.6. The van der Waals surface area contributed by atoms with Gasteiger partial charge in [-0.2, -0.15) is 0 Å². The van der Waals surface area contributed by atoms with Crippen molar-refractivity contribution in [1.29, 1.82) is 0 Å². The molecule has 19 heavy (non-hydrogen) atoms. The lowest BCUT2D eigenvalue weighted by molar-refractivity contribution is -0.136. The van der Waals surface area contributed by atoms with Crippen LogP contribution in [0.1, 0.15) is 18.9 Å². The highest BCUT2D eigenvalue weighted by Gasteiger charge is 2.25. The average Bonchev–Trinajstić information content (AvgIpc) is 2.27. The van der Waals surface area contributed by atoms with Crippen LogP contribution in [0.5, 0.6) is 5.75 Å². The van der Waals surface area contributed by atoms with Crippen molar-refractivity contribution in [3.05, 3.63) is 28.2 Å². The van der Waals surface area contributed by atoms with E-state index >= 15 is 0 Å². The van der Waals surface area contributed by atoms with Gasteiger partial charge in [0.15, 0.2) is 9.84 Å². The molecule has 0 aliphatic rings. The molecule has 0 aliphatic heterocycles. The summed E-state index contributed by atoms with van der Waals surface area (Å²) in [5, 5.41) is 7.73. The maximum Gasteiger partial charge on any atom is 0.304 e. The zero-order chi connectivity index (χ0) is 14.6. The second-order valence-corrected chi connectivity index (χ2v) is 7.51. The molecule has 106 valence electrons. The van der Waals surface area contributed by atoms with Crippen LogP contribution in [-0.2, 0) is 20.4 Å². The summed E-state index contributed by atoms with van der Waals surface area (Å²) in [7, 11) is -2.08. The molecule has 0 aliphatic carbocycles. The van der Waals surface area contributed by atoms with E-state index in [4.69, 9.17) is 9.84 Å². The van der Waals surface area contributed by atoms with E-state index in [-0.39, 0.29) is 5.75 Å². The number of carboxylic acids is 1. The number of methoxy groups -OCH3 is 1. The summed E-state index contributed by atoms with van der Waals surface area (Å²) >= 11 is 3.27. The number of aliphatic carboxylic acids is 1. The Labute approximate surface area is 120 Å². The van der Waals surface area contributed by atoms with Crippen molar-refractivity contribution in [2.45, 2.75) is 24.3 Å². The summed E-state index contributed by atoms with van der Waals surface area (Å²) in [6.07, 6.45) is -0.404. The predicted molar refractivity (Wildman–Crippen MR) is 75.0 cm³/mol. The maximum atomic E-state index is 12.1. The third-order valence-corrected chi connectivity index (χ3v) is 5.27. The number of ether oxygens (including phenoxy) is 1. The van der Waals surface area contributed by atoms with Crippen LogP contribution in [0.25, 0.3) is 0 Å². The fraction of sp³-hybridized carbons (Fsp3) is 0.417. The molecule has 1 rings (SSSR count). The second kappa shape index (κ2) is 6.38. The summed E-state index contributed by atoms with van der Waals surface area (Å²) in [6, 6.07) is 5.07. The number of carboxylic acid groups (broad SMARTS) is 1. The minimum Gasteiger partial charge on any atom is -0.496 e. The van der Waals surface area contributed by atoms with Gasteiger partial charge in [-0.3, -0.25) is 4.79 Å². The lowest BCUT2D eigenvalue weighted by atomic mass is 10.2. The molecule has 0 fully saturated rings. The van der Waals surface area contributed by atoms with Gasteiger partial charge in [0.2, 0.25) is 0 Å². The standard InChI is InChI=1S/C12H15BrO5S/c1-8(5-12(14)15)19(16,17)7-9-6-10(13)3-4-11(9)18-2/h3-4,6,8H,5,7H2,1-2H3,(H,14,15). The first kappa shape index (κ1) is 16.0. The van der Waals surface area contributed by atoms with Gasteiger partial charge in [0.25, 0.3) is 0 Å². The van der Waals surface area contributed by atoms with E-state index in [1.165, 1.54) is 14.0 Å². The van der Waals surface area contributed by atoms with Crippen molar-refractivity contribution in [1.82, 2.24) is 0 Å². The van der Waals surface area contributed by atoms with Crippen LogP contribution in [0, 0.1) is 0 Å². The minimum atomic E-state index is -3.54. The Bertz CT molecular complexity index is 567. The van der Waals surface area contributed by atoms with Crippen LogP contribution in [-0.4, -0.2) is 31.9 Å². The zero-order valence-corrected chi connectivity index (χ0v) is 13.0. The molecule has 0 saturated carbocycles. The van der Waals surface area contributed by atoms with Gasteiger partial charge in [0.05, 0.1) is 24.5 Å². The van der Waals surface area contributed by atoms with E-state index in [1.54, 1.807) is 18.2 Å². The normalized spacial score (nSPS) is 13.0. The van der Waals surface area contributed by atoms with Gasteiger partial charge in [-0.1, -0.05) is 15.9 Å². The molecule has 0 radical (unpaired) electrons. The molecule has 5 nitrogen and oxygen atoms in total. The number of benzene rings is 1. The highest BCUT2D eigenvalue weighted by Crippen LogP contribution is 2.26. The average molecular weight is 351 g/mol. The summed E-state index contributed by atoms with van der Waals surface area (Å²) in [6.45, 7) is 1.40. The molecule has 1 aromatic carbocycles. The molecule has 1 unspecified atom stereocenters. The van der Waals surface area contributed by atoms with Crippen molar-refractivity contribution in [3.63, 3.8) is 0 Å². The minimum absolute atomic E-state index is 0.246. The van der Waals surface area contributed by atoms with Crippen LogP contribution in [0.2, 0.25) is 0 Å². The topological polar surface area (TPSA) is 80.7 Å². The van der Waals surface area contributed by atoms with Crippen molar-refractivity contribution < 1.29 is 23.1 Å². The van der Waals surface area contributed by atoms with Gasteiger partial charge < -0.3 is 9.84 Å². The first-order valence-corrected chi connectivity index (χ1v) is 8.03. The highest BCUT2D eigenvalue weighted by molar-refractivity contribution is 9.10. The third kappa shape index (κ3) is 4.50. The monoisotopic (exact) mass is 350 g/mol. The van der Waals surface area contributed by atoms with Gasteiger partial charge in [-0.15, -0.1) is 0 Å². The smallest absolute Gasteiger partial charge is 0.304 e. The van der Waals surface area contributed by atoms with Gasteiger partial charge in [0, 0.05) is 10.0 Å². The van der Waals surface area contributed by atoms with E-state index in [1.807, 2.05) is 0 Å². The van der Waals surface area contributed by atoms with E-state index in [0.717, 1.165) is 4.47 Å². The molecule has 1 atom stereocenters. The fourth-order valence-corrected chi connectivity index (χ4v) is 3.34. The molecule has 0 amide bonds. The summed E-state index contributed by atoms with van der Waals surface area (Å²) in [5.74, 6) is -0.907. The second-order valence-electron chi connectivity index (χ2n) is 4.17. The Balaban J connectivity index is 3.01. The quantitative estimate of drug-likeness (QED) is 0.850. The summed E-state index contributed by atoms with van der Waals surface area (Å²) in [5.41, 5.74) is 0.508. The first-order chi connectivity index (χ1) is 8.76. The van der Waals surface area contributed by atoms with Crippen LogP contribution in [0.15, 0.2) is 22.7 Å². The number of hydrogen-bond acceptors (Lipinski definition) is 4. The molecule has 1 aromatic rings. The fourth-order valence-electron chi connectivity index (χ4n) is 1.59. The molecular weight excluding hydrogens is 336 g/mol.